The highest BCUT2D eigenvalue weighted by Gasteiger charge is 2.06. The van der Waals surface area contributed by atoms with Gasteiger partial charge in [0, 0.05) is 16.4 Å². The molecule has 2 amide bonds. The van der Waals surface area contributed by atoms with Crippen molar-refractivity contribution < 1.29 is 4.79 Å². The Morgan fingerprint density at radius 2 is 1.50 bits per heavy atom. The summed E-state index contributed by atoms with van der Waals surface area (Å²) in [5.74, 6) is 0. The highest BCUT2D eigenvalue weighted by molar-refractivity contribution is 6.31. The fourth-order valence-electron chi connectivity index (χ4n) is 2.39. The molecular weight excluding hydrogens is 320 g/mol. The van der Waals surface area contributed by atoms with Crippen molar-refractivity contribution >= 4 is 29.0 Å². The third-order valence-electron chi connectivity index (χ3n) is 3.70. The highest BCUT2D eigenvalue weighted by atomic mass is 35.5. The van der Waals surface area contributed by atoms with Crippen LogP contribution in [0.4, 0.5) is 16.2 Å². The monoisotopic (exact) mass is 336 g/mol. The van der Waals surface area contributed by atoms with Gasteiger partial charge in [0.05, 0.1) is 0 Å². The number of anilines is 2. The van der Waals surface area contributed by atoms with Crippen molar-refractivity contribution in [3.63, 3.8) is 0 Å². The zero-order chi connectivity index (χ0) is 16.9. The molecule has 0 saturated carbocycles. The van der Waals surface area contributed by atoms with Crippen molar-refractivity contribution in [3.05, 3.63) is 83.4 Å². The number of carbonyl (C=O) groups excluding carboxylic acids is 1. The molecule has 3 nitrogen and oxygen atoms in total. The molecule has 0 radical (unpaired) electrons. The molecule has 3 aromatic carbocycles. The minimum absolute atomic E-state index is 0.298. The van der Waals surface area contributed by atoms with Crippen LogP contribution in [0.1, 0.15) is 5.56 Å². The van der Waals surface area contributed by atoms with Crippen molar-refractivity contribution in [2.24, 2.45) is 0 Å². The van der Waals surface area contributed by atoms with Crippen molar-refractivity contribution in [2.45, 2.75) is 6.92 Å². The third kappa shape index (κ3) is 3.94. The summed E-state index contributed by atoms with van der Waals surface area (Å²) in [6.45, 7) is 1.92. The molecule has 0 heterocycles. The lowest BCUT2D eigenvalue weighted by molar-refractivity contribution is 0.262. The van der Waals surface area contributed by atoms with Gasteiger partial charge in [-0.25, -0.2) is 4.79 Å². The summed E-state index contributed by atoms with van der Waals surface area (Å²) in [4.78, 5) is 12.1. The van der Waals surface area contributed by atoms with Crippen molar-refractivity contribution in [3.8, 4) is 11.1 Å². The summed E-state index contributed by atoms with van der Waals surface area (Å²) < 4.78 is 0. The minimum atomic E-state index is -0.298. The highest BCUT2D eigenvalue weighted by Crippen LogP contribution is 2.22. The van der Waals surface area contributed by atoms with Gasteiger partial charge in [0.15, 0.2) is 0 Å². The lowest BCUT2D eigenvalue weighted by Gasteiger charge is -2.11. The Bertz CT molecular complexity index is 845. The number of hydrogen-bond acceptors (Lipinski definition) is 1. The molecule has 4 heteroatoms. The largest absolute Gasteiger partial charge is 0.323 e. The molecule has 0 unspecified atom stereocenters. The maximum Gasteiger partial charge on any atom is 0.323 e. The Hall–Kier alpha value is -2.78. The van der Waals surface area contributed by atoms with E-state index in [2.05, 4.69) is 22.8 Å². The first kappa shape index (κ1) is 16.1. The number of benzene rings is 3. The topological polar surface area (TPSA) is 41.1 Å². The van der Waals surface area contributed by atoms with Crippen LogP contribution in [-0.4, -0.2) is 6.03 Å². The van der Waals surface area contributed by atoms with Gasteiger partial charge in [-0.05, 0) is 47.9 Å². The number of amides is 2. The first-order chi connectivity index (χ1) is 11.6. The summed E-state index contributed by atoms with van der Waals surface area (Å²) in [6, 6.07) is 22.9. The molecule has 24 heavy (non-hydrogen) atoms. The predicted octanol–water partition coefficient (Wildman–Crippen LogP) is 5.96. The molecule has 0 bridgehead atoms. The van der Waals surface area contributed by atoms with Crippen LogP contribution in [0, 0.1) is 6.92 Å². The molecule has 0 aromatic heterocycles. The molecule has 0 atom stereocenters. The Balaban J connectivity index is 1.67. The molecule has 0 saturated heterocycles. The Morgan fingerprint density at radius 1 is 0.833 bits per heavy atom. The van der Waals surface area contributed by atoms with Gasteiger partial charge >= 0.3 is 6.03 Å². The standard InChI is InChI=1S/C20H17ClN2O/c1-14-7-10-17(21)13-19(14)23-20(24)22-18-11-8-16(9-12-18)15-5-3-2-4-6-15/h2-13H,1H3,(H2,22,23,24). The van der Waals surface area contributed by atoms with Crippen LogP contribution in [0.3, 0.4) is 0 Å². The molecule has 3 rings (SSSR count). The summed E-state index contributed by atoms with van der Waals surface area (Å²) in [5, 5.41) is 6.22. The minimum Gasteiger partial charge on any atom is -0.308 e. The average Bonchev–Trinajstić information content (AvgIpc) is 2.59. The summed E-state index contributed by atoms with van der Waals surface area (Å²) >= 11 is 5.96. The molecule has 0 spiro atoms. The lowest BCUT2D eigenvalue weighted by Crippen LogP contribution is -2.19. The van der Waals surface area contributed by atoms with Gasteiger partial charge < -0.3 is 10.6 Å². The van der Waals surface area contributed by atoms with Crippen LogP contribution in [0.15, 0.2) is 72.8 Å². The van der Waals surface area contributed by atoms with Gasteiger partial charge in [-0.15, -0.1) is 0 Å². The molecule has 0 aliphatic carbocycles. The van der Waals surface area contributed by atoms with Crippen molar-refractivity contribution in [1.82, 2.24) is 0 Å². The van der Waals surface area contributed by atoms with E-state index in [0.717, 1.165) is 22.4 Å². The number of aryl methyl sites for hydroxylation is 1. The number of urea groups is 1. The summed E-state index contributed by atoms with van der Waals surface area (Å²) in [5.41, 5.74) is 4.62. The van der Waals surface area contributed by atoms with Gasteiger partial charge in [-0.2, -0.15) is 0 Å². The number of rotatable bonds is 3. The second-order valence-corrected chi connectivity index (χ2v) is 5.92. The second-order valence-electron chi connectivity index (χ2n) is 5.48. The van der Waals surface area contributed by atoms with Gasteiger partial charge in [0.2, 0.25) is 0 Å². The predicted molar refractivity (Wildman–Crippen MR) is 101 cm³/mol. The van der Waals surface area contributed by atoms with E-state index < -0.39 is 0 Å². The van der Waals surface area contributed by atoms with Crippen LogP contribution in [0.2, 0.25) is 5.02 Å². The van der Waals surface area contributed by atoms with Crippen LogP contribution >= 0.6 is 11.6 Å². The molecule has 2 N–H and O–H groups in total. The van der Waals surface area contributed by atoms with E-state index in [1.807, 2.05) is 55.5 Å². The molecule has 0 aliphatic heterocycles. The van der Waals surface area contributed by atoms with E-state index >= 15 is 0 Å². The summed E-state index contributed by atoms with van der Waals surface area (Å²) in [6.07, 6.45) is 0. The molecule has 120 valence electrons. The van der Waals surface area contributed by atoms with E-state index in [-0.39, 0.29) is 6.03 Å². The maximum absolute atomic E-state index is 12.1. The molecule has 3 aromatic rings. The zero-order valence-corrected chi connectivity index (χ0v) is 14.0. The van der Waals surface area contributed by atoms with Gasteiger partial charge in [-0.3, -0.25) is 0 Å². The van der Waals surface area contributed by atoms with Crippen LogP contribution in [0.25, 0.3) is 11.1 Å². The Labute approximate surface area is 146 Å². The van der Waals surface area contributed by atoms with E-state index in [0.29, 0.717) is 10.7 Å². The zero-order valence-electron chi connectivity index (χ0n) is 13.2. The van der Waals surface area contributed by atoms with Crippen molar-refractivity contribution in [1.29, 1.82) is 0 Å². The number of hydrogen-bond donors (Lipinski definition) is 2. The number of carbonyl (C=O) groups is 1. The van der Waals surface area contributed by atoms with Crippen LogP contribution in [-0.2, 0) is 0 Å². The Morgan fingerprint density at radius 3 is 2.21 bits per heavy atom. The van der Waals surface area contributed by atoms with E-state index in [4.69, 9.17) is 11.6 Å². The first-order valence-corrected chi connectivity index (χ1v) is 7.99. The SMILES string of the molecule is Cc1ccc(Cl)cc1NC(=O)Nc1ccc(-c2ccccc2)cc1. The number of nitrogens with one attached hydrogen (secondary N) is 2. The normalized spacial score (nSPS) is 10.2. The van der Waals surface area contributed by atoms with Gasteiger partial charge in [0.1, 0.15) is 0 Å². The van der Waals surface area contributed by atoms with Crippen molar-refractivity contribution in [2.75, 3.05) is 10.6 Å². The first-order valence-electron chi connectivity index (χ1n) is 7.61. The van der Waals surface area contributed by atoms with E-state index in [1.54, 1.807) is 12.1 Å². The smallest absolute Gasteiger partial charge is 0.308 e. The van der Waals surface area contributed by atoms with E-state index in [9.17, 15) is 4.79 Å². The quantitative estimate of drug-likeness (QED) is 0.608. The Kier molecular flexibility index (Phi) is 4.82. The fraction of sp³-hybridized carbons (Fsp3) is 0.0500. The van der Waals surface area contributed by atoms with E-state index in [1.165, 1.54) is 0 Å². The average molecular weight is 337 g/mol. The second kappa shape index (κ2) is 7.20. The lowest BCUT2D eigenvalue weighted by atomic mass is 10.1. The number of halogens is 1. The fourth-order valence-corrected chi connectivity index (χ4v) is 2.56. The van der Waals surface area contributed by atoms with Gasteiger partial charge in [0.25, 0.3) is 0 Å². The molecule has 0 aliphatic rings. The van der Waals surface area contributed by atoms with Gasteiger partial charge in [-0.1, -0.05) is 60.1 Å². The van der Waals surface area contributed by atoms with Crippen LogP contribution in [0.5, 0.6) is 0 Å². The molecular formula is C20H17ClN2O. The maximum atomic E-state index is 12.1. The summed E-state index contributed by atoms with van der Waals surface area (Å²) in [7, 11) is 0. The molecule has 0 fully saturated rings. The van der Waals surface area contributed by atoms with Crippen LogP contribution < -0.4 is 10.6 Å². The third-order valence-corrected chi connectivity index (χ3v) is 3.93.